The molecule has 1 rings (SSSR count). The van der Waals surface area contributed by atoms with E-state index >= 15 is 0 Å². The Morgan fingerprint density at radius 1 is 1.50 bits per heavy atom. The van der Waals surface area contributed by atoms with Crippen molar-refractivity contribution in [2.45, 2.75) is 19.4 Å². The van der Waals surface area contributed by atoms with Crippen LogP contribution in [0.3, 0.4) is 0 Å². The maximum Gasteiger partial charge on any atom is 0.303 e. The Hall–Kier alpha value is -0.580. The molecule has 2 N–H and O–H groups in total. The Bertz CT molecular complexity index is 371. The van der Waals surface area contributed by atoms with Crippen molar-refractivity contribution in [3.05, 3.63) is 33.3 Å². The van der Waals surface area contributed by atoms with E-state index in [0.717, 1.165) is 16.6 Å². The van der Waals surface area contributed by atoms with Gasteiger partial charge in [-0.15, -0.1) is 0 Å². The first-order valence-electron chi connectivity index (χ1n) is 4.96. The van der Waals surface area contributed by atoms with E-state index in [4.69, 9.17) is 16.7 Å². The zero-order valence-electron chi connectivity index (χ0n) is 8.67. The van der Waals surface area contributed by atoms with Gasteiger partial charge in [-0.2, -0.15) is 0 Å². The van der Waals surface area contributed by atoms with Crippen molar-refractivity contribution in [1.82, 2.24) is 5.32 Å². The van der Waals surface area contributed by atoms with E-state index in [9.17, 15) is 4.79 Å². The average Bonchev–Trinajstić information content (AvgIpc) is 2.22. The molecule has 0 aliphatic rings. The maximum absolute atomic E-state index is 10.3. The molecule has 0 aliphatic heterocycles. The summed E-state index contributed by atoms with van der Waals surface area (Å²) in [4.78, 5) is 10.3. The molecule has 0 aromatic heterocycles. The molecule has 0 bridgehead atoms. The fourth-order valence-corrected chi connectivity index (χ4v) is 1.79. The second-order valence-electron chi connectivity index (χ2n) is 3.42. The summed E-state index contributed by atoms with van der Waals surface area (Å²) in [5.41, 5.74) is 1.12. The van der Waals surface area contributed by atoms with Gasteiger partial charge in [-0.05, 0) is 46.6 Å². The number of benzene rings is 1. The molecule has 1 aromatic rings. The maximum atomic E-state index is 10.3. The van der Waals surface area contributed by atoms with Gasteiger partial charge in [0.2, 0.25) is 0 Å². The van der Waals surface area contributed by atoms with Crippen LogP contribution in [0.5, 0.6) is 0 Å². The fraction of sp³-hybridized carbons (Fsp3) is 0.364. The zero-order chi connectivity index (χ0) is 12.0. The predicted molar refractivity (Wildman–Crippen MR) is 67.7 cm³/mol. The van der Waals surface area contributed by atoms with Crippen LogP contribution in [-0.2, 0) is 11.3 Å². The normalized spacial score (nSPS) is 10.4. The van der Waals surface area contributed by atoms with Gasteiger partial charge in [0, 0.05) is 17.4 Å². The molecule has 0 saturated heterocycles. The van der Waals surface area contributed by atoms with Crippen LogP contribution in [0.2, 0.25) is 5.02 Å². The smallest absolute Gasteiger partial charge is 0.303 e. The Balaban J connectivity index is 2.27. The molecule has 0 aliphatic carbocycles. The predicted octanol–water partition coefficient (Wildman–Crippen LogP) is 3.06. The Morgan fingerprint density at radius 3 is 2.88 bits per heavy atom. The van der Waals surface area contributed by atoms with Crippen LogP contribution in [0, 0.1) is 0 Å². The van der Waals surface area contributed by atoms with Gasteiger partial charge in [0.15, 0.2) is 0 Å². The van der Waals surface area contributed by atoms with Gasteiger partial charge in [0.05, 0.1) is 5.02 Å². The molecule has 0 amide bonds. The molecule has 88 valence electrons. The summed E-state index contributed by atoms with van der Waals surface area (Å²) in [5.74, 6) is -0.754. The zero-order valence-corrected chi connectivity index (χ0v) is 11.0. The minimum absolute atomic E-state index is 0.206. The van der Waals surface area contributed by atoms with E-state index in [0.29, 0.717) is 18.0 Å². The average molecular weight is 307 g/mol. The summed E-state index contributed by atoms with van der Waals surface area (Å²) >= 11 is 9.22. The molecule has 0 radical (unpaired) electrons. The van der Waals surface area contributed by atoms with Gasteiger partial charge in [-0.3, -0.25) is 4.79 Å². The van der Waals surface area contributed by atoms with Crippen LogP contribution in [0.1, 0.15) is 18.4 Å². The molecule has 1 aromatic carbocycles. The first kappa shape index (κ1) is 13.5. The fourth-order valence-electron chi connectivity index (χ4n) is 1.25. The summed E-state index contributed by atoms with van der Waals surface area (Å²) in [6, 6.07) is 5.73. The molecule has 0 fully saturated rings. The molecule has 16 heavy (non-hydrogen) atoms. The van der Waals surface area contributed by atoms with Crippen LogP contribution in [0.15, 0.2) is 22.7 Å². The van der Waals surface area contributed by atoms with Crippen LogP contribution < -0.4 is 5.32 Å². The van der Waals surface area contributed by atoms with E-state index in [1.54, 1.807) is 0 Å². The van der Waals surface area contributed by atoms with Crippen molar-refractivity contribution in [1.29, 1.82) is 0 Å². The lowest BCUT2D eigenvalue weighted by atomic mass is 10.2. The highest BCUT2D eigenvalue weighted by Gasteiger charge is 1.99. The van der Waals surface area contributed by atoms with Gasteiger partial charge in [-0.25, -0.2) is 0 Å². The van der Waals surface area contributed by atoms with Crippen LogP contribution in [0.25, 0.3) is 0 Å². The minimum atomic E-state index is -0.754. The Morgan fingerprint density at radius 2 is 2.25 bits per heavy atom. The first-order chi connectivity index (χ1) is 7.59. The van der Waals surface area contributed by atoms with E-state index in [2.05, 4.69) is 21.2 Å². The highest BCUT2D eigenvalue weighted by Crippen LogP contribution is 2.22. The largest absolute Gasteiger partial charge is 0.481 e. The third kappa shape index (κ3) is 4.96. The monoisotopic (exact) mass is 305 g/mol. The standard InChI is InChI=1S/C11H13BrClNO2/c12-9-6-8(3-4-10(9)13)7-14-5-1-2-11(15)16/h3-4,6,14H,1-2,5,7H2,(H,15,16). The van der Waals surface area contributed by atoms with Crippen LogP contribution in [0.4, 0.5) is 0 Å². The topological polar surface area (TPSA) is 49.3 Å². The summed E-state index contributed by atoms with van der Waals surface area (Å²) < 4.78 is 0.874. The number of rotatable bonds is 6. The molecule has 3 nitrogen and oxygen atoms in total. The molecule has 0 heterocycles. The minimum Gasteiger partial charge on any atom is -0.481 e. The van der Waals surface area contributed by atoms with Crippen molar-refractivity contribution >= 4 is 33.5 Å². The SMILES string of the molecule is O=C(O)CCCNCc1ccc(Cl)c(Br)c1. The van der Waals surface area contributed by atoms with Crippen LogP contribution in [-0.4, -0.2) is 17.6 Å². The first-order valence-corrected chi connectivity index (χ1v) is 6.13. The number of carboxylic acids is 1. The van der Waals surface area contributed by atoms with Crippen molar-refractivity contribution in [2.24, 2.45) is 0 Å². The lowest BCUT2D eigenvalue weighted by molar-refractivity contribution is -0.137. The number of halogens is 2. The van der Waals surface area contributed by atoms with E-state index in [-0.39, 0.29) is 6.42 Å². The van der Waals surface area contributed by atoms with Gasteiger partial charge in [0.25, 0.3) is 0 Å². The summed E-state index contributed by atoms with van der Waals surface area (Å²) in [6.07, 6.45) is 0.849. The quantitative estimate of drug-likeness (QED) is 0.794. The number of hydrogen-bond donors (Lipinski definition) is 2. The van der Waals surface area contributed by atoms with E-state index in [1.807, 2.05) is 18.2 Å². The Kier molecular flexibility index (Phi) is 5.80. The molecular weight excluding hydrogens is 293 g/mol. The molecule has 5 heteroatoms. The highest BCUT2D eigenvalue weighted by molar-refractivity contribution is 9.10. The second-order valence-corrected chi connectivity index (χ2v) is 4.68. The molecular formula is C11H13BrClNO2. The van der Waals surface area contributed by atoms with Crippen molar-refractivity contribution in [3.63, 3.8) is 0 Å². The van der Waals surface area contributed by atoms with E-state index < -0.39 is 5.97 Å². The summed E-state index contributed by atoms with van der Waals surface area (Å²) in [5, 5.41) is 12.3. The second kappa shape index (κ2) is 6.89. The van der Waals surface area contributed by atoms with Crippen molar-refractivity contribution < 1.29 is 9.90 Å². The number of aliphatic carboxylic acids is 1. The van der Waals surface area contributed by atoms with Crippen LogP contribution >= 0.6 is 27.5 Å². The van der Waals surface area contributed by atoms with Gasteiger partial charge in [-0.1, -0.05) is 17.7 Å². The molecule has 0 unspecified atom stereocenters. The molecule has 0 atom stereocenters. The number of nitrogens with one attached hydrogen (secondary N) is 1. The highest BCUT2D eigenvalue weighted by atomic mass is 79.9. The lowest BCUT2D eigenvalue weighted by Crippen LogP contribution is -2.15. The number of carboxylic acid groups (broad SMARTS) is 1. The van der Waals surface area contributed by atoms with Crippen molar-refractivity contribution in [3.8, 4) is 0 Å². The molecule has 0 spiro atoms. The van der Waals surface area contributed by atoms with Crippen molar-refractivity contribution in [2.75, 3.05) is 6.54 Å². The third-order valence-corrected chi connectivity index (χ3v) is 3.27. The van der Waals surface area contributed by atoms with Gasteiger partial charge >= 0.3 is 5.97 Å². The van der Waals surface area contributed by atoms with E-state index in [1.165, 1.54) is 0 Å². The Labute approximate surface area is 108 Å². The number of hydrogen-bond acceptors (Lipinski definition) is 2. The molecule has 0 saturated carbocycles. The summed E-state index contributed by atoms with van der Waals surface area (Å²) in [7, 11) is 0. The summed E-state index contributed by atoms with van der Waals surface area (Å²) in [6.45, 7) is 1.42. The lowest BCUT2D eigenvalue weighted by Gasteiger charge is -2.05. The van der Waals surface area contributed by atoms with Gasteiger partial charge < -0.3 is 10.4 Å². The van der Waals surface area contributed by atoms with Gasteiger partial charge in [0.1, 0.15) is 0 Å². The third-order valence-electron chi connectivity index (χ3n) is 2.06. The number of carbonyl (C=O) groups is 1.